The van der Waals surface area contributed by atoms with E-state index in [0.717, 1.165) is 11.6 Å². The van der Waals surface area contributed by atoms with E-state index < -0.39 is 11.7 Å². The van der Waals surface area contributed by atoms with Gasteiger partial charge in [0.05, 0.1) is 18.8 Å². The Morgan fingerprint density at radius 1 is 1.00 bits per heavy atom. The van der Waals surface area contributed by atoms with Crippen LogP contribution >= 0.6 is 11.6 Å². The van der Waals surface area contributed by atoms with Gasteiger partial charge in [0.1, 0.15) is 0 Å². The Balaban J connectivity index is 2.09. The lowest BCUT2D eigenvalue weighted by molar-refractivity contribution is -0.138. The summed E-state index contributed by atoms with van der Waals surface area (Å²) in [5, 5.41) is 0.519. The zero-order valence-corrected chi connectivity index (χ0v) is 11.7. The van der Waals surface area contributed by atoms with Crippen LogP contribution in [0.15, 0.2) is 42.5 Å². The molecule has 0 radical (unpaired) electrons. The van der Waals surface area contributed by atoms with E-state index in [9.17, 15) is 13.2 Å². The first-order valence-electron chi connectivity index (χ1n) is 6.14. The van der Waals surface area contributed by atoms with Crippen LogP contribution < -0.4 is 5.73 Å². The van der Waals surface area contributed by atoms with Crippen LogP contribution in [0.25, 0.3) is 0 Å². The molecule has 0 aliphatic rings. The molecule has 112 valence electrons. The van der Waals surface area contributed by atoms with E-state index in [4.69, 9.17) is 22.1 Å². The third kappa shape index (κ3) is 4.12. The van der Waals surface area contributed by atoms with Crippen LogP contribution in [-0.2, 0) is 24.1 Å². The largest absolute Gasteiger partial charge is 0.416 e. The van der Waals surface area contributed by atoms with Crippen LogP contribution in [-0.4, -0.2) is 0 Å². The second-order valence-electron chi connectivity index (χ2n) is 4.50. The van der Waals surface area contributed by atoms with Crippen molar-refractivity contribution in [1.29, 1.82) is 0 Å². The molecule has 0 atom stereocenters. The third-order valence-electron chi connectivity index (χ3n) is 2.91. The minimum Gasteiger partial charge on any atom is -0.399 e. The molecule has 0 aromatic heterocycles. The molecule has 0 fully saturated rings. The van der Waals surface area contributed by atoms with Crippen molar-refractivity contribution in [1.82, 2.24) is 0 Å². The number of alkyl halides is 3. The molecule has 0 saturated carbocycles. The summed E-state index contributed by atoms with van der Waals surface area (Å²) in [6.45, 7) is -0.0261. The van der Waals surface area contributed by atoms with Gasteiger partial charge >= 0.3 is 6.18 Å². The highest BCUT2D eigenvalue weighted by molar-refractivity contribution is 6.31. The predicted molar refractivity (Wildman–Crippen MR) is 75.8 cm³/mol. The Bertz CT molecular complexity index is 629. The molecule has 21 heavy (non-hydrogen) atoms. The van der Waals surface area contributed by atoms with E-state index in [2.05, 4.69) is 0 Å². The maximum Gasteiger partial charge on any atom is 0.416 e. The smallest absolute Gasteiger partial charge is 0.399 e. The van der Waals surface area contributed by atoms with Gasteiger partial charge in [-0.15, -0.1) is 0 Å². The average molecular weight is 316 g/mol. The summed E-state index contributed by atoms with van der Waals surface area (Å²) in [6, 6.07) is 10.7. The van der Waals surface area contributed by atoms with Crippen molar-refractivity contribution in [3.63, 3.8) is 0 Å². The Morgan fingerprint density at radius 3 is 2.33 bits per heavy atom. The molecule has 0 aliphatic carbocycles. The Morgan fingerprint density at radius 2 is 1.67 bits per heavy atom. The third-order valence-corrected chi connectivity index (χ3v) is 3.28. The van der Waals surface area contributed by atoms with Crippen molar-refractivity contribution in [2.24, 2.45) is 0 Å². The Labute approximate surface area is 125 Å². The van der Waals surface area contributed by atoms with Gasteiger partial charge in [-0.25, -0.2) is 0 Å². The first kappa shape index (κ1) is 15.7. The Kier molecular flexibility index (Phi) is 4.75. The fourth-order valence-corrected chi connectivity index (χ4v) is 2.06. The van der Waals surface area contributed by atoms with Gasteiger partial charge in [0.15, 0.2) is 0 Å². The monoisotopic (exact) mass is 315 g/mol. The molecule has 2 aromatic rings. The van der Waals surface area contributed by atoms with E-state index in [0.29, 0.717) is 5.02 Å². The van der Waals surface area contributed by atoms with E-state index in [1.807, 2.05) is 0 Å². The first-order chi connectivity index (χ1) is 9.88. The van der Waals surface area contributed by atoms with E-state index >= 15 is 0 Å². The van der Waals surface area contributed by atoms with Crippen LogP contribution in [0.4, 0.5) is 18.9 Å². The maximum absolute atomic E-state index is 12.9. The van der Waals surface area contributed by atoms with Gasteiger partial charge in [0, 0.05) is 10.7 Å². The molecule has 2 nitrogen and oxygen atoms in total. The van der Waals surface area contributed by atoms with Crippen molar-refractivity contribution in [2.75, 3.05) is 5.73 Å². The molecule has 0 bridgehead atoms. The molecule has 0 aliphatic heterocycles. The van der Waals surface area contributed by atoms with Crippen molar-refractivity contribution < 1.29 is 17.9 Å². The van der Waals surface area contributed by atoms with Crippen molar-refractivity contribution in [3.8, 4) is 0 Å². The van der Waals surface area contributed by atoms with Gasteiger partial charge in [-0.05, 0) is 29.3 Å². The molecule has 6 heteroatoms. The second-order valence-corrected chi connectivity index (χ2v) is 4.91. The molecule has 0 heterocycles. The maximum atomic E-state index is 12.9. The number of rotatable bonds is 4. The normalized spacial score (nSPS) is 11.6. The van der Waals surface area contributed by atoms with Gasteiger partial charge in [0.2, 0.25) is 0 Å². The minimum absolute atomic E-state index is 0.0451. The SMILES string of the molecule is Nc1ccc(COCc2ccccc2Cl)c(C(F)(F)F)c1. The number of hydrogen-bond donors (Lipinski definition) is 1. The van der Waals surface area contributed by atoms with Crippen LogP contribution in [0.1, 0.15) is 16.7 Å². The summed E-state index contributed by atoms with van der Waals surface area (Å²) in [5.74, 6) is 0. The van der Waals surface area contributed by atoms with Crippen LogP contribution in [0.3, 0.4) is 0 Å². The molecule has 2 aromatic carbocycles. The first-order valence-corrected chi connectivity index (χ1v) is 6.52. The summed E-state index contributed by atoms with van der Waals surface area (Å²) in [6.07, 6.45) is -4.46. The van der Waals surface area contributed by atoms with E-state index in [1.54, 1.807) is 24.3 Å². The zero-order valence-electron chi connectivity index (χ0n) is 11.0. The highest BCUT2D eigenvalue weighted by Gasteiger charge is 2.33. The molecule has 2 rings (SSSR count). The van der Waals surface area contributed by atoms with Gasteiger partial charge in [-0.2, -0.15) is 13.2 Å². The van der Waals surface area contributed by atoms with Crippen molar-refractivity contribution in [3.05, 3.63) is 64.2 Å². The predicted octanol–water partition coefficient (Wildman–Crippen LogP) is 4.66. The van der Waals surface area contributed by atoms with E-state index in [1.165, 1.54) is 12.1 Å². The summed E-state index contributed by atoms with van der Waals surface area (Å²) in [7, 11) is 0. The highest BCUT2D eigenvalue weighted by Crippen LogP contribution is 2.33. The Hall–Kier alpha value is -1.72. The number of nitrogen functional groups attached to an aromatic ring is 1. The number of nitrogens with two attached hydrogens (primary N) is 1. The van der Waals surface area contributed by atoms with Crippen LogP contribution in [0, 0.1) is 0 Å². The quantitative estimate of drug-likeness (QED) is 0.833. The summed E-state index contributed by atoms with van der Waals surface area (Å²) >= 11 is 5.95. The van der Waals surface area contributed by atoms with Crippen LogP contribution in [0.2, 0.25) is 5.02 Å². The molecule has 2 N–H and O–H groups in total. The fraction of sp³-hybridized carbons (Fsp3) is 0.200. The topological polar surface area (TPSA) is 35.2 Å². The minimum atomic E-state index is -4.46. The lowest BCUT2D eigenvalue weighted by Gasteiger charge is -2.14. The number of ether oxygens (including phenoxy) is 1. The standard InChI is InChI=1S/C15H13ClF3NO/c16-14-4-2-1-3-11(14)9-21-8-10-5-6-12(20)7-13(10)15(17,18)19/h1-7H,8-9,20H2. The van der Waals surface area contributed by atoms with Gasteiger partial charge in [-0.1, -0.05) is 35.9 Å². The van der Waals surface area contributed by atoms with E-state index in [-0.39, 0.29) is 24.5 Å². The lowest BCUT2D eigenvalue weighted by atomic mass is 10.1. The lowest BCUT2D eigenvalue weighted by Crippen LogP contribution is -2.11. The fourth-order valence-electron chi connectivity index (χ4n) is 1.87. The molecular formula is C15H13ClF3NO. The number of benzene rings is 2. The molecule has 0 saturated heterocycles. The molecule has 0 spiro atoms. The summed E-state index contributed by atoms with van der Waals surface area (Å²) in [4.78, 5) is 0. The molecule has 0 amide bonds. The van der Waals surface area contributed by atoms with Crippen molar-refractivity contribution in [2.45, 2.75) is 19.4 Å². The average Bonchev–Trinajstić information content (AvgIpc) is 2.41. The van der Waals surface area contributed by atoms with Crippen LogP contribution in [0.5, 0.6) is 0 Å². The zero-order chi connectivity index (χ0) is 15.5. The number of anilines is 1. The second kappa shape index (κ2) is 6.37. The number of halogens is 4. The van der Waals surface area contributed by atoms with Gasteiger partial charge in [0.25, 0.3) is 0 Å². The molecule has 0 unspecified atom stereocenters. The van der Waals surface area contributed by atoms with Gasteiger partial charge < -0.3 is 10.5 Å². The van der Waals surface area contributed by atoms with Crippen molar-refractivity contribution >= 4 is 17.3 Å². The summed E-state index contributed by atoms with van der Waals surface area (Å²) in [5.41, 5.74) is 5.47. The summed E-state index contributed by atoms with van der Waals surface area (Å²) < 4.78 is 44.1. The van der Waals surface area contributed by atoms with Gasteiger partial charge in [-0.3, -0.25) is 0 Å². The number of hydrogen-bond acceptors (Lipinski definition) is 2. The highest BCUT2D eigenvalue weighted by atomic mass is 35.5. The molecular weight excluding hydrogens is 303 g/mol.